The maximum absolute atomic E-state index is 6.33. The van der Waals surface area contributed by atoms with Crippen LogP contribution in [0.2, 0.25) is 5.02 Å². The Labute approximate surface area is 158 Å². The van der Waals surface area contributed by atoms with E-state index in [-0.39, 0.29) is 11.6 Å². The Morgan fingerprint density at radius 1 is 1.12 bits per heavy atom. The van der Waals surface area contributed by atoms with Gasteiger partial charge in [0, 0.05) is 10.6 Å². The standard InChI is InChI=1S/C20H22ClN5/c1-13-16(21)10-7-11-17(13)26-19(22-23-24-26)18-15-9-6-5-8-14(15)12-20(2,3)25(18)4/h5-11,18H,12H2,1-4H3/t18-/m1/s1. The Bertz CT molecular complexity index is 962. The van der Waals surface area contributed by atoms with E-state index in [2.05, 4.69) is 65.6 Å². The molecule has 0 amide bonds. The van der Waals surface area contributed by atoms with Gasteiger partial charge in [0.25, 0.3) is 0 Å². The van der Waals surface area contributed by atoms with Gasteiger partial charge < -0.3 is 0 Å². The molecule has 0 unspecified atom stereocenters. The zero-order chi connectivity index (χ0) is 18.5. The zero-order valence-electron chi connectivity index (χ0n) is 15.4. The van der Waals surface area contributed by atoms with Crippen molar-refractivity contribution in [3.05, 3.63) is 70.0 Å². The molecule has 0 saturated heterocycles. The molecule has 1 aromatic heterocycles. The van der Waals surface area contributed by atoms with Gasteiger partial charge in [-0.2, -0.15) is 4.68 Å². The number of rotatable bonds is 2. The molecule has 3 aromatic rings. The zero-order valence-corrected chi connectivity index (χ0v) is 16.2. The van der Waals surface area contributed by atoms with E-state index in [0.717, 1.165) is 23.5 Å². The van der Waals surface area contributed by atoms with Gasteiger partial charge in [-0.25, -0.2) is 0 Å². The summed E-state index contributed by atoms with van der Waals surface area (Å²) in [5.41, 5.74) is 4.47. The van der Waals surface area contributed by atoms with Crippen LogP contribution < -0.4 is 0 Å². The average Bonchev–Trinajstić information content (AvgIpc) is 3.07. The molecular weight excluding hydrogens is 346 g/mol. The summed E-state index contributed by atoms with van der Waals surface area (Å²) in [6.45, 7) is 6.51. The lowest BCUT2D eigenvalue weighted by Crippen LogP contribution is -2.49. The van der Waals surface area contributed by atoms with Crippen LogP contribution in [0, 0.1) is 6.92 Å². The average molecular weight is 368 g/mol. The molecular formula is C20H22ClN5. The molecule has 2 aromatic carbocycles. The number of benzene rings is 2. The second kappa shape index (κ2) is 6.18. The fraction of sp³-hybridized carbons (Fsp3) is 0.350. The molecule has 6 heteroatoms. The van der Waals surface area contributed by atoms with Crippen molar-refractivity contribution in [3.8, 4) is 5.69 Å². The van der Waals surface area contributed by atoms with Crippen LogP contribution in [0.15, 0.2) is 42.5 Å². The van der Waals surface area contributed by atoms with Crippen LogP contribution in [0.5, 0.6) is 0 Å². The lowest BCUT2D eigenvalue weighted by atomic mass is 9.81. The van der Waals surface area contributed by atoms with Crippen LogP contribution in [0.4, 0.5) is 0 Å². The first kappa shape index (κ1) is 17.2. The molecule has 0 radical (unpaired) electrons. The van der Waals surface area contributed by atoms with Gasteiger partial charge in [0.2, 0.25) is 0 Å². The minimum absolute atomic E-state index is 0.000816. The topological polar surface area (TPSA) is 46.8 Å². The lowest BCUT2D eigenvalue weighted by Gasteiger charge is -2.45. The van der Waals surface area contributed by atoms with Crippen LogP contribution >= 0.6 is 11.6 Å². The highest BCUT2D eigenvalue weighted by Crippen LogP contribution is 2.40. The summed E-state index contributed by atoms with van der Waals surface area (Å²) in [7, 11) is 2.14. The summed E-state index contributed by atoms with van der Waals surface area (Å²) in [5, 5.41) is 13.4. The molecule has 0 fully saturated rings. The second-order valence-corrected chi connectivity index (χ2v) is 7.94. The van der Waals surface area contributed by atoms with E-state index < -0.39 is 0 Å². The van der Waals surface area contributed by atoms with Crippen molar-refractivity contribution in [1.29, 1.82) is 0 Å². The third kappa shape index (κ3) is 2.63. The van der Waals surface area contributed by atoms with Gasteiger partial charge in [0.05, 0.1) is 11.7 Å². The smallest absolute Gasteiger partial charge is 0.178 e. The molecule has 1 aliphatic rings. The first-order valence-corrected chi connectivity index (χ1v) is 9.12. The van der Waals surface area contributed by atoms with Crippen LogP contribution in [0.25, 0.3) is 5.69 Å². The van der Waals surface area contributed by atoms with Crippen molar-refractivity contribution >= 4 is 11.6 Å². The van der Waals surface area contributed by atoms with E-state index in [4.69, 9.17) is 11.6 Å². The van der Waals surface area contributed by atoms with Gasteiger partial charge in [-0.05, 0) is 73.5 Å². The van der Waals surface area contributed by atoms with Gasteiger partial charge in [0.1, 0.15) is 0 Å². The van der Waals surface area contributed by atoms with Crippen LogP contribution in [-0.4, -0.2) is 37.7 Å². The summed E-state index contributed by atoms with van der Waals surface area (Å²) in [6, 6.07) is 14.3. The highest BCUT2D eigenvalue weighted by Gasteiger charge is 2.40. The minimum Gasteiger partial charge on any atom is -0.287 e. The molecule has 0 spiro atoms. The van der Waals surface area contributed by atoms with E-state index in [0.29, 0.717) is 5.02 Å². The fourth-order valence-electron chi connectivity index (χ4n) is 3.78. The molecule has 0 bridgehead atoms. The number of hydrogen-bond acceptors (Lipinski definition) is 4. The Kier molecular flexibility index (Phi) is 4.09. The Morgan fingerprint density at radius 2 is 1.88 bits per heavy atom. The summed E-state index contributed by atoms with van der Waals surface area (Å²) in [5.74, 6) is 0.804. The fourth-order valence-corrected chi connectivity index (χ4v) is 3.95. The van der Waals surface area contributed by atoms with Crippen LogP contribution in [-0.2, 0) is 6.42 Å². The van der Waals surface area contributed by atoms with Crippen molar-refractivity contribution in [2.75, 3.05) is 7.05 Å². The van der Waals surface area contributed by atoms with Crippen molar-refractivity contribution in [2.24, 2.45) is 0 Å². The molecule has 2 heterocycles. The summed E-state index contributed by atoms with van der Waals surface area (Å²) in [6.07, 6.45) is 0.994. The van der Waals surface area contributed by atoms with Crippen molar-refractivity contribution < 1.29 is 0 Å². The Balaban J connectivity index is 1.92. The van der Waals surface area contributed by atoms with E-state index in [1.54, 1.807) is 0 Å². The van der Waals surface area contributed by atoms with Crippen molar-refractivity contribution in [2.45, 2.75) is 38.8 Å². The van der Waals surface area contributed by atoms with E-state index in [9.17, 15) is 0 Å². The number of likely N-dealkylation sites (N-methyl/N-ethyl adjacent to an activating group) is 1. The number of hydrogen-bond donors (Lipinski definition) is 0. The number of fused-ring (bicyclic) bond motifs is 1. The maximum Gasteiger partial charge on any atom is 0.178 e. The van der Waals surface area contributed by atoms with Crippen molar-refractivity contribution in [1.82, 2.24) is 25.1 Å². The molecule has 5 nitrogen and oxygen atoms in total. The highest BCUT2D eigenvalue weighted by atomic mass is 35.5. The first-order valence-electron chi connectivity index (χ1n) is 8.74. The van der Waals surface area contributed by atoms with Gasteiger partial charge in [0.15, 0.2) is 5.82 Å². The molecule has 1 aliphatic heterocycles. The quantitative estimate of drug-likeness (QED) is 0.687. The summed E-state index contributed by atoms with van der Waals surface area (Å²) < 4.78 is 1.82. The van der Waals surface area contributed by atoms with Gasteiger partial charge in [-0.1, -0.05) is 41.9 Å². The summed E-state index contributed by atoms with van der Waals surface area (Å²) >= 11 is 6.33. The first-order chi connectivity index (χ1) is 12.4. The Hall–Kier alpha value is -2.24. The number of nitrogens with zero attached hydrogens (tertiary/aromatic N) is 5. The molecule has 4 rings (SSSR count). The third-order valence-electron chi connectivity index (χ3n) is 5.52. The van der Waals surface area contributed by atoms with Gasteiger partial charge in [-0.15, -0.1) is 5.10 Å². The normalized spacial score (nSPS) is 19.3. The second-order valence-electron chi connectivity index (χ2n) is 7.53. The highest BCUT2D eigenvalue weighted by molar-refractivity contribution is 6.31. The maximum atomic E-state index is 6.33. The molecule has 0 saturated carbocycles. The monoisotopic (exact) mass is 367 g/mol. The third-order valence-corrected chi connectivity index (χ3v) is 5.93. The predicted molar refractivity (Wildman–Crippen MR) is 103 cm³/mol. The van der Waals surface area contributed by atoms with E-state index >= 15 is 0 Å². The van der Waals surface area contributed by atoms with E-state index in [1.807, 2.05) is 29.8 Å². The number of tetrazole rings is 1. The van der Waals surface area contributed by atoms with Gasteiger partial charge >= 0.3 is 0 Å². The largest absolute Gasteiger partial charge is 0.287 e. The molecule has 1 atom stereocenters. The minimum atomic E-state index is -0.0247. The SMILES string of the molecule is Cc1c(Cl)cccc1-n1nnnc1[C@H]1c2ccccc2CC(C)(C)N1C. The predicted octanol–water partition coefficient (Wildman–Crippen LogP) is 3.98. The van der Waals surface area contributed by atoms with Crippen LogP contribution in [0.3, 0.4) is 0 Å². The van der Waals surface area contributed by atoms with Crippen molar-refractivity contribution in [3.63, 3.8) is 0 Å². The van der Waals surface area contributed by atoms with Gasteiger partial charge in [-0.3, -0.25) is 4.90 Å². The Morgan fingerprint density at radius 3 is 2.69 bits per heavy atom. The lowest BCUT2D eigenvalue weighted by molar-refractivity contribution is 0.0993. The number of halogens is 1. The van der Waals surface area contributed by atoms with Crippen LogP contribution in [0.1, 0.15) is 42.4 Å². The molecule has 0 aliphatic carbocycles. The van der Waals surface area contributed by atoms with E-state index in [1.165, 1.54) is 11.1 Å². The molecule has 134 valence electrons. The summed E-state index contributed by atoms with van der Waals surface area (Å²) in [4.78, 5) is 2.36. The molecule has 26 heavy (non-hydrogen) atoms. The molecule has 0 N–H and O–H groups in total. The number of aromatic nitrogens is 4.